The van der Waals surface area contributed by atoms with Crippen molar-refractivity contribution in [2.75, 3.05) is 6.26 Å². The van der Waals surface area contributed by atoms with Crippen molar-refractivity contribution in [3.63, 3.8) is 0 Å². The third-order valence-electron chi connectivity index (χ3n) is 5.12. The standard InChI is InChI=1S/C21H21NO4S3/c1-28(23,24)18-9-11-19(12-10-18)29(25,26)22-21(20-6-3-13-27-20)17-8-7-15-4-2-5-16(15)14-17/h3,6-14,21-22H,2,4-5H2,1H3/t21-/m0/s1. The van der Waals surface area contributed by atoms with Gasteiger partial charge < -0.3 is 0 Å². The normalized spacial score (nSPS) is 15.2. The van der Waals surface area contributed by atoms with Crippen LogP contribution in [0.4, 0.5) is 0 Å². The molecule has 29 heavy (non-hydrogen) atoms. The smallest absolute Gasteiger partial charge is 0.224 e. The Labute approximate surface area is 175 Å². The molecule has 0 unspecified atom stereocenters. The number of hydrogen-bond donors (Lipinski definition) is 1. The van der Waals surface area contributed by atoms with E-state index in [0.29, 0.717) is 0 Å². The zero-order chi connectivity index (χ0) is 20.6. The molecule has 1 N–H and O–H groups in total. The third-order valence-corrected chi connectivity index (χ3v) is 8.62. The van der Waals surface area contributed by atoms with E-state index in [9.17, 15) is 16.8 Å². The lowest BCUT2D eigenvalue weighted by molar-refractivity contribution is 0.572. The van der Waals surface area contributed by atoms with Crippen molar-refractivity contribution in [2.24, 2.45) is 0 Å². The van der Waals surface area contributed by atoms with Gasteiger partial charge in [0.1, 0.15) is 0 Å². The second-order valence-corrected chi connectivity index (χ2v) is 11.9. The highest BCUT2D eigenvalue weighted by Gasteiger charge is 2.25. The van der Waals surface area contributed by atoms with Crippen LogP contribution in [0.3, 0.4) is 0 Å². The van der Waals surface area contributed by atoms with Crippen molar-refractivity contribution in [3.05, 3.63) is 81.5 Å². The molecule has 2 aromatic carbocycles. The number of aryl methyl sites for hydroxylation is 2. The third kappa shape index (κ3) is 4.30. The number of rotatable bonds is 6. The molecule has 0 bridgehead atoms. The molecule has 0 saturated heterocycles. The molecule has 0 spiro atoms. The van der Waals surface area contributed by atoms with Crippen LogP contribution in [-0.2, 0) is 32.7 Å². The van der Waals surface area contributed by atoms with E-state index in [-0.39, 0.29) is 9.79 Å². The van der Waals surface area contributed by atoms with Gasteiger partial charge in [-0.2, -0.15) is 4.72 Å². The zero-order valence-electron chi connectivity index (χ0n) is 15.8. The summed E-state index contributed by atoms with van der Waals surface area (Å²) < 4.78 is 52.2. The van der Waals surface area contributed by atoms with E-state index in [4.69, 9.17) is 0 Å². The van der Waals surface area contributed by atoms with Gasteiger partial charge in [-0.1, -0.05) is 24.3 Å². The first kappa shape index (κ1) is 20.3. The Bertz CT molecular complexity index is 1230. The number of thiophene rings is 1. The molecule has 152 valence electrons. The topological polar surface area (TPSA) is 80.3 Å². The summed E-state index contributed by atoms with van der Waals surface area (Å²) in [5.41, 5.74) is 3.52. The average molecular weight is 448 g/mol. The largest absolute Gasteiger partial charge is 0.241 e. The molecule has 0 aliphatic heterocycles. The van der Waals surface area contributed by atoms with Crippen molar-refractivity contribution in [1.82, 2.24) is 4.72 Å². The summed E-state index contributed by atoms with van der Waals surface area (Å²) in [6.45, 7) is 0. The molecule has 1 aliphatic rings. The summed E-state index contributed by atoms with van der Waals surface area (Å²) >= 11 is 1.49. The number of hydrogen-bond acceptors (Lipinski definition) is 5. The maximum Gasteiger partial charge on any atom is 0.241 e. The van der Waals surface area contributed by atoms with E-state index >= 15 is 0 Å². The van der Waals surface area contributed by atoms with Crippen LogP contribution in [0.2, 0.25) is 0 Å². The molecule has 1 atom stereocenters. The maximum absolute atomic E-state index is 13.0. The molecule has 5 nitrogen and oxygen atoms in total. The molecular formula is C21H21NO4S3. The van der Waals surface area contributed by atoms with Gasteiger partial charge in [0.25, 0.3) is 0 Å². The second-order valence-electron chi connectivity index (χ2n) is 7.19. The second kappa shape index (κ2) is 7.68. The number of sulfone groups is 1. The summed E-state index contributed by atoms with van der Waals surface area (Å²) in [5, 5.41) is 1.92. The van der Waals surface area contributed by atoms with E-state index in [1.165, 1.54) is 46.7 Å². The minimum absolute atomic E-state index is 0.0348. The fourth-order valence-electron chi connectivity index (χ4n) is 3.61. The summed E-state index contributed by atoms with van der Waals surface area (Å²) in [6, 6.07) is 14.8. The molecule has 0 amide bonds. The van der Waals surface area contributed by atoms with Gasteiger partial charge in [-0.15, -0.1) is 11.3 Å². The molecule has 4 rings (SSSR count). The van der Waals surface area contributed by atoms with Gasteiger partial charge in [-0.3, -0.25) is 0 Å². The number of sulfonamides is 1. The van der Waals surface area contributed by atoms with Gasteiger partial charge in [0.15, 0.2) is 9.84 Å². The van der Waals surface area contributed by atoms with Crippen LogP contribution < -0.4 is 4.72 Å². The van der Waals surface area contributed by atoms with Gasteiger partial charge in [-0.05, 0) is 71.7 Å². The summed E-state index contributed by atoms with van der Waals surface area (Å²) in [4.78, 5) is 1.02. The lowest BCUT2D eigenvalue weighted by Crippen LogP contribution is -2.29. The van der Waals surface area contributed by atoms with Crippen LogP contribution in [0.5, 0.6) is 0 Å². The Morgan fingerprint density at radius 1 is 0.897 bits per heavy atom. The van der Waals surface area contributed by atoms with Gasteiger partial charge in [0.05, 0.1) is 15.8 Å². The highest BCUT2D eigenvalue weighted by molar-refractivity contribution is 7.90. The molecule has 8 heteroatoms. The average Bonchev–Trinajstić information content (AvgIpc) is 3.37. The molecule has 0 saturated carbocycles. The summed E-state index contributed by atoms with van der Waals surface area (Å²) in [6.07, 6.45) is 4.30. The van der Waals surface area contributed by atoms with E-state index in [0.717, 1.165) is 36.0 Å². The Morgan fingerprint density at radius 3 is 2.24 bits per heavy atom. The first-order chi connectivity index (χ1) is 13.7. The SMILES string of the molecule is CS(=O)(=O)c1ccc(S(=O)(=O)N[C@@H](c2ccc3c(c2)CCC3)c2cccs2)cc1. The molecule has 3 aromatic rings. The lowest BCUT2D eigenvalue weighted by Gasteiger charge is -2.19. The highest BCUT2D eigenvalue weighted by Crippen LogP contribution is 2.31. The van der Waals surface area contributed by atoms with Crippen LogP contribution in [0.1, 0.15) is 34.0 Å². The van der Waals surface area contributed by atoms with E-state index in [2.05, 4.69) is 16.9 Å². The molecule has 1 aromatic heterocycles. The van der Waals surface area contributed by atoms with Crippen LogP contribution in [0.25, 0.3) is 0 Å². The first-order valence-electron chi connectivity index (χ1n) is 9.21. The van der Waals surface area contributed by atoms with Gasteiger partial charge >= 0.3 is 0 Å². The monoisotopic (exact) mass is 447 g/mol. The van der Waals surface area contributed by atoms with Gasteiger partial charge in [0, 0.05) is 11.1 Å². The Kier molecular flexibility index (Phi) is 5.37. The van der Waals surface area contributed by atoms with Crippen LogP contribution >= 0.6 is 11.3 Å². The minimum atomic E-state index is -3.85. The lowest BCUT2D eigenvalue weighted by atomic mass is 10.0. The quantitative estimate of drug-likeness (QED) is 0.625. The van der Waals surface area contributed by atoms with Crippen molar-refractivity contribution in [1.29, 1.82) is 0 Å². The van der Waals surface area contributed by atoms with E-state index in [1.807, 2.05) is 23.6 Å². The van der Waals surface area contributed by atoms with Gasteiger partial charge in [-0.25, -0.2) is 16.8 Å². The molecule has 1 aliphatic carbocycles. The van der Waals surface area contributed by atoms with Crippen molar-refractivity contribution in [3.8, 4) is 0 Å². The zero-order valence-corrected chi connectivity index (χ0v) is 18.3. The van der Waals surface area contributed by atoms with Crippen LogP contribution in [-0.4, -0.2) is 23.1 Å². The maximum atomic E-state index is 13.0. The fourth-order valence-corrected chi connectivity index (χ4v) is 6.32. The van der Waals surface area contributed by atoms with E-state index in [1.54, 1.807) is 0 Å². The van der Waals surface area contributed by atoms with Crippen molar-refractivity contribution in [2.45, 2.75) is 35.1 Å². The Morgan fingerprint density at radius 2 is 1.59 bits per heavy atom. The minimum Gasteiger partial charge on any atom is -0.224 e. The summed E-state index contributed by atoms with van der Waals surface area (Å²) in [5.74, 6) is 0. The van der Waals surface area contributed by atoms with Crippen LogP contribution in [0.15, 0.2) is 69.8 Å². The number of nitrogens with one attached hydrogen (secondary N) is 1. The Balaban J connectivity index is 1.69. The Hall–Kier alpha value is -2.00. The molecule has 0 fully saturated rings. The number of fused-ring (bicyclic) bond motifs is 1. The van der Waals surface area contributed by atoms with Gasteiger partial charge in [0.2, 0.25) is 10.0 Å². The molecule has 0 radical (unpaired) electrons. The molecular weight excluding hydrogens is 426 g/mol. The predicted octanol–water partition coefficient (Wildman–Crippen LogP) is 3.71. The fraction of sp³-hybridized carbons (Fsp3) is 0.238. The van der Waals surface area contributed by atoms with E-state index < -0.39 is 25.9 Å². The van der Waals surface area contributed by atoms with Crippen molar-refractivity contribution >= 4 is 31.2 Å². The predicted molar refractivity (Wildman–Crippen MR) is 115 cm³/mol. The summed E-state index contributed by atoms with van der Waals surface area (Å²) in [7, 11) is -7.23. The molecule has 1 heterocycles. The number of benzene rings is 2. The first-order valence-corrected chi connectivity index (χ1v) is 13.5. The van der Waals surface area contributed by atoms with Crippen LogP contribution in [0, 0.1) is 0 Å². The van der Waals surface area contributed by atoms with Crippen molar-refractivity contribution < 1.29 is 16.8 Å². The highest BCUT2D eigenvalue weighted by atomic mass is 32.2.